The SMILES string of the molecule is CC(=O)CCC(CC(=O)CCOCCOCCOCCNC(=O)CCN1C(=O)C=CC1=O)C(=O)O. The summed E-state index contributed by atoms with van der Waals surface area (Å²) < 4.78 is 16.0. The van der Waals surface area contributed by atoms with Crippen molar-refractivity contribution in [2.45, 2.75) is 39.0 Å². The molecule has 0 saturated heterocycles. The average molecular weight is 499 g/mol. The van der Waals surface area contributed by atoms with Crippen LogP contribution in [0.4, 0.5) is 0 Å². The summed E-state index contributed by atoms with van der Waals surface area (Å²) in [7, 11) is 0. The lowest BCUT2D eigenvalue weighted by Crippen LogP contribution is -2.35. The number of rotatable bonds is 21. The highest BCUT2D eigenvalue weighted by Crippen LogP contribution is 2.14. The molecule has 1 unspecified atom stereocenters. The summed E-state index contributed by atoms with van der Waals surface area (Å²) >= 11 is 0. The van der Waals surface area contributed by atoms with Crippen LogP contribution in [0.15, 0.2) is 12.2 Å². The van der Waals surface area contributed by atoms with Crippen LogP contribution in [-0.2, 0) is 43.0 Å². The molecule has 0 fully saturated rings. The van der Waals surface area contributed by atoms with Gasteiger partial charge in [-0.3, -0.25) is 28.9 Å². The van der Waals surface area contributed by atoms with E-state index in [1.165, 1.54) is 19.1 Å². The largest absolute Gasteiger partial charge is 0.481 e. The predicted octanol–water partition coefficient (Wildman–Crippen LogP) is -0.113. The van der Waals surface area contributed by atoms with Crippen LogP contribution in [0.2, 0.25) is 0 Å². The van der Waals surface area contributed by atoms with Gasteiger partial charge in [-0.15, -0.1) is 0 Å². The van der Waals surface area contributed by atoms with Crippen LogP contribution in [0.3, 0.4) is 0 Å². The summed E-state index contributed by atoms with van der Waals surface area (Å²) in [6, 6.07) is 0. The number of amides is 3. The van der Waals surface area contributed by atoms with E-state index in [1.807, 2.05) is 0 Å². The Morgan fingerprint density at radius 1 is 0.886 bits per heavy atom. The number of carbonyl (C=O) groups excluding carboxylic acids is 5. The first-order valence-electron chi connectivity index (χ1n) is 11.5. The number of imide groups is 1. The molecular formula is C23H34N2O10. The monoisotopic (exact) mass is 498 g/mol. The van der Waals surface area contributed by atoms with E-state index in [9.17, 15) is 28.8 Å². The summed E-state index contributed by atoms with van der Waals surface area (Å²) in [5.41, 5.74) is 0. The van der Waals surface area contributed by atoms with Crippen molar-refractivity contribution in [1.82, 2.24) is 10.2 Å². The summed E-state index contributed by atoms with van der Waals surface area (Å²) in [6.07, 6.45) is 2.64. The molecule has 35 heavy (non-hydrogen) atoms. The zero-order valence-electron chi connectivity index (χ0n) is 20.0. The number of aliphatic carboxylic acids is 1. The van der Waals surface area contributed by atoms with Gasteiger partial charge < -0.3 is 29.4 Å². The van der Waals surface area contributed by atoms with Crippen LogP contribution in [0.5, 0.6) is 0 Å². The number of carboxylic acid groups (broad SMARTS) is 1. The van der Waals surface area contributed by atoms with E-state index in [1.54, 1.807) is 0 Å². The average Bonchev–Trinajstić information content (AvgIpc) is 3.12. The van der Waals surface area contributed by atoms with Gasteiger partial charge in [0.05, 0.1) is 45.6 Å². The Labute approximate surface area is 203 Å². The molecule has 0 aromatic carbocycles. The van der Waals surface area contributed by atoms with Gasteiger partial charge in [0.1, 0.15) is 11.6 Å². The van der Waals surface area contributed by atoms with Crippen LogP contribution in [-0.4, -0.2) is 98.0 Å². The van der Waals surface area contributed by atoms with Gasteiger partial charge in [-0.05, 0) is 13.3 Å². The fourth-order valence-electron chi connectivity index (χ4n) is 3.01. The molecule has 2 N–H and O–H groups in total. The number of hydrogen-bond acceptors (Lipinski definition) is 9. The molecule has 0 radical (unpaired) electrons. The van der Waals surface area contributed by atoms with Crippen molar-refractivity contribution in [3.8, 4) is 0 Å². The van der Waals surface area contributed by atoms with Crippen molar-refractivity contribution in [3.05, 3.63) is 12.2 Å². The zero-order valence-corrected chi connectivity index (χ0v) is 20.0. The zero-order chi connectivity index (χ0) is 26.1. The number of hydrogen-bond donors (Lipinski definition) is 2. The lowest BCUT2D eigenvalue weighted by atomic mass is 9.95. The maximum Gasteiger partial charge on any atom is 0.306 e. The Morgan fingerprint density at radius 2 is 1.46 bits per heavy atom. The van der Waals surface area contributed by atoms with Crippen LogP contribution in [0.1, 0.15) is 39.0 Å². The van der Waals surface area contributed by atoms with Gasteiger partial charge in [0.25, 0.3) is 11.8 Å². The van der Waals surface area contributed by atoms with E-state index in [2.05, 4.69) is 5.32 Å². The maximum absolute atomic E-state index is 11.9. The van der Waals surface area contributed by atoms with E-state index in [-0.39, 0.29) is 82.5 Å². The summed E-state index contributed by atoms with van der Waals surface area (Å²) in [5, 5.41) is 11.8. The number of ether oxygens (including phenoxy) is 3. The number of nitrogens with zero attached hydrogens (tertiary/aromatic N) is 1. The van der Waals surface area contributed by atoms with Crippen molar-refractivity contribution in [1.29, 1.82) is 0 Å². The molecule has 196 valence electrons. The fraction of sp³-hybridized carbons (Fsp3) is 0.652. The Hall–Kier alpha value is -2.96. The van der Waals surface area contributed by atoms with E-state index in [4.69, 9.17) is 19.3 Å². The van der Waals surface area contributed by atoms with Crippen LogP contribution in [0, 0.1) is 5.92 Å². The molecule has 0 bridgehead atoms. The van der Waals surface area contributed by atoms with Crippen molar-refractivity contribution < 1.29 is 48.1 Å². The Bertz CT molecular complexity index is 762. The first kappa shape index (κ1) is 30.1. The van der Waals surface area contributed by atoms with Gasteiger partial charge in [0.15, 0.2) is 0 Å². The lowest BCUT2D eigenvalue weighted by Gasteiger charge is -2.13. The molecule has 0 spiro atoms. The maximum atomic E-state index is 11.9. The van der Waals surface area contributed by atoms with Crippen molar-refractivity contribution in [3.63, 3.8) is 0 Å². The Balaban J connectivity index is 1.92. The highest BCUT2D eigenvalue weighted by atomic mass is 16.5. The number of ketones is 2. The first-order chi connectivity index (χ1) is 16.7. The summed E-state index contributed by atoms with van der Waals surface area (Å²) in [6.45, 7) is 3.34. The minimum Gasteiger partial charge on any atom is -0.481 e. The highest BCUT2D eigenvalue weighted by molar-refractivity contribution is 6.13. The molecule has 12 nitrogen and oxygen atoms in total. The van der Waals surface area contributed by atoms with Gasteiger partial charge in [-0.2, -0.15) is 0 Å². The number of carboxylic acids is 1. The topological polar surface area (TPSA) is 166 Å². The van der Waals surface area contributed by atoms with E-state index < -0.39 is 23.7 Å². The third-order valence-electron chi connectivity index (χ3n) is 4.97. The minimum absolute atomic E-state index is 0.0217. The lowest BCUT2D eigenvalue weighted by molar-refractivity contribution is -0.144. The quantitative estimate of drug-likeness (QED) is 0.161. The van der Waals surface area contributed by atoms with Gasteiger partial charge in [0, 0.05) is 50.9 Å². The summed E-state index contributed by atoms with van der Waals surface area (Å²) in [5.74, 6) is -3.39. The normalized spacial score (nSPS) is 13.8. The van der Waals surface area contributed by atoms with Crippen LogP contribution in [0.25, 0.3) is 0 Å². The predicted molar refractivity (Wildman–Crippen MR) is 121 cm³/mol. The first-order valence-corrected chi connectivity index (χ1v) is 11.5. The van der Waals surface area contributed by atoms with E-state index in [0.29, 0.717) is 19.8 Å². The van der Waals surface area contributed by atoms with Crippen molar-refractivity contribution in [2.24, 2.45) is 5.92 Å². The molecule has 1 heterocycles. The molecule has 0 aromatic rings. The molecule has 3 amide bonds. The molecule has 12 heteroatoms. The number of Topliss-reactive ketones (excluding diaryl/α,β-unsaturated/α-hetero) is 2. The minimum atomic E-state index is -1.08. The molecule has 1 aliphatic rings. The molecule has 0 aromatic heterocycles. The van der Waals surface area contributed by atoms with Crippen molar-refractivity contribution >= 4 is 35.3 Å². The standard InChI is InChI=1S/C23H34N2O10/c1-17(26)2-3-18(23(31)32)16-19(27)7-10-33-12-14-35-15-13-34-11-8-24-20(28)6-9-25-21(29)4-5-22(25)30/h4-5,18H,2-3,6-16H2,1H3,(H,24,28)(H,31,32). The van der Waals surface area contributed by atoms with E-state index in [0.717, 1.165) is 4.90 Å². The van der Waals surface area contributed by atoms with E-state index >= 15 is 0 Å². The molecule has 0 aliphatic carbocycles. The van der Waals surface area contributed by atoms with Gasteiger partial charge in [-0.1, -0.05) is 0 Å². The Morgan fingerprint density at radius 3 is 2.03 bits per heavy atom. The molecule has 1 rings (SSSR count). The van der Waals surface area contributed by atoms with Gasteiger partial charge in [0.2, 0.25) is 5.91 Å². The van der Waals surface area contributed by atoms with Crippen molar-refractivity contribution in [2.75, 3.05) is 52.7 Å². The second-order valence-corrected chi connectivity index (χ2v) is 7.87. The summed E-state index contributed by atoms with van der Waals surface area (Å²) in [4.78, 5) is 69.5. The molecular weight excluding hydrogens is 464 g/mol. The van der Waals surface area contributed by atoms with Crippen LogP contribution >= 0.6 is 0 Å². The van der Waals surface area contributed by atoms with Gasteiger partial charge >= 0.3 is 5.97 Å². The fourth-order valence-corrected chi connectivity index (χ4v) is 3.01. The smallest absolute Gasteiger partial charge is 0.306 e. The highest BCUT2D eigenvalue weighted by Gasteiger charge is 2.23. The van der Waals surface area contributed by atoms with Gasteiger partial charge in [-0.25, -0.2) is 0 Å². The third-order valence-corrected chi connectivity index (χ3v) is 4.97. The second kappa shape index (κ2) is 17.5. The molecule has 1 atom stereocenters. The third kappa shape index (κ3) is 14.1. The second-order valence-electron chi connectivity index (χ2n) is 7.87. The Kier molecular flexibility index (Phi) is 15.0. The molecule has 0 saturated carbocycles. The molecule has 1 aliphatic heterocycles. The number of carbonyl (C=O) groups is 6. The number of nitrogens with one attached hydrogen (secondary N) is 1. The van der Waals surface area contributed by atoms with Crippen LogP contribution < -0.4 is 5.32 Å².